The molecule has 0 bridgehead atoms. The van der Waals surface area contributed by atoms with E-state index in [0.29, 0.717) is 16.1 Å². The van der Waals surface area contributed by atoms with Gasteiger partial charge in [-0.3, -0.25) is 9.78 Å². The van der Waals surface area contributed by atoms with Crippen molar-refractivity contribution in [2.75, 3.05) is 29.1 Å². The maximum absolute atomic E-state index is 12.4. The van der Waals surface area contributed by atoms with Crippen LogP contribution < -0.4 is 10.2 Å². The van der Waals surface area contributed by atoms with E-state index in [2.05, 4.69) is 25.4 Å². The van der Waals surface area contributed by atoms with Crippen molar-refractivity contribution in [2.24, 2.45) is 0 Å². The first-order valence-corrected chi connectivity index (χ1v) is 10.3. The van der Waals surface area contributed by atoms with Crippen LogP contribution in [0.15, 0.2) is 52.4 Å². The molecule has 7 nitrogen and oxygen atoms in total. The van der Waals surface area contributed by atoms with Crippen LogP contribution in [0.25, 0.3) is 11.5 Å². The SMILES string of the molecule is O=C(CSc1nnc(-c2ccncc2)o1)Nc1cc(Cl)ccc1N1CCCC1. The molecule has 28 heavy (non-hydrogen) atoms. The van der Waals surface area contributed by atoms with Crippen molar-refractivity contribution in [3.05, 3.63) is 47.7 Å². The molecule has 1 saturated heterocycles. The average molecular weight is 416 g/mol. The van der Waals surface area contributed by atoms with Crippen molar-refractivity contribution >= 4 is 40.6 Å². The fourth-order valence-corrected chi connectivity index (χ4v) is 3.77. The number of rotatable bonds is 6. The second-order valence-corrected chi connectivity index (χ2v) is 7.66. The Morgan fingerprint density at radius 2 is 1.96 bits per heavy atom. The molecule has 1 amide bonds. The van der Waals surface area contributed by atoms with Crippen LogP contribution in [0, 0.1) is 0 Å². The molecule has 0 atom stereocenters. The molecule has 9 heteroatoms. The second-order valence-electron chi connectivity index (χ2n) is 6.30. The maximum atomic E-state index is 12.4. The van der Waals surface area contributed by atoms with Crippen LogP contribution in [-0.4, -0.2) is 39.9 Å². The van der Waals surface area contributed by atoms with Gasteiger partial charge in [0.15, 0.2) is 0 Å². The van der Waals surface area contributed by atoms with Gasteiger partial charge in [-0.1, -0.05) is 23.4 Å². The predicted octanol–water partition coefficient (Wildman–Crippen LogP) is 4.12. The smallest absolute Gasteiger partial charge is 0.277 e. The number of benzene rings is 1. The van der Waals surface area contributed by atoms with Gasteiger partial charge in [-0.25, -0.2) is 0 Å². The number of amides is 1. The van der Waals surface area contributed by atoms with Crippen LogP contribution in [0.1, 0.15) is 12.8 Å². The lowest BCUT2D eigenvalue weighted by molar-refractivity contribution is -0.113. The summed E-state index contributed by atoms with van der Waals surface area (Å²) in [5, 5.41) is 11.9. The lowest BCUT2D eigenvalue weighted by Crippen LogP contribution is -2.21. The molecule has 4 rings (SSSR count). The number of anilines is 2. The Labute approximate surface area is 171 Å². The normalized spacial score (nSPS) is 13.7. The number of nitrogens with one attached hydrogen (secondary N) is 1. The van der Waals surface area contributed by atoms with Gasteiger partial charge in [0, 0.05) is 36.1 Å². The highest BCUT2D eigenvalue weighted by Crippen LogP contribution is 2.32. The number of thioether (sulfide) groups is 1. The minimum Gasteiger partial charge on any atom is -0.411 e. The van der Waals surface area contributed by atoms with Gasteiger partial charge >= 0.3 is 0 Å². The second kappa shape index (κ2) is 8.62. The van der Waals surface area contributed by atoms with E-state index in [9.17, 15) is 4.79 Å². The van der Waals surface area contributed by atoms with Crippen molar-refractivity contribution in [3.8, 4) is 11.5 Å². The lowest BCUT2D eigenvalue weighted by atomic mass is 10.2. The molecule has 3 heterocycles. The molecule has 0 aliphatic carbocycles. The van der Waals surface area contributed by atoms with E-state index < -0.39 is 0 Å². The zero-order valence-corrected chi connectivity index (χ0v) is 16.5. The summed E-state index contributed by atoms with van der Waals surface area (Å²) >= 11 is 7.32. The lowest BCUT2D eigenvalue weighted by Gasteiger charge is -2.21. The van der Waals surface area contributed by atoms with Crippen molar-refractivity contribution < 1.29 is 9.21 Å². The van der Waals surface area contributed by atoms with Crippen LogP contribution >= 0.6 is 23.4 Å². The highest BCUT2D eigenvalue weighted by atomic mass is 35.5. The molecule has 0 saturated carbocycles. The van der Waals surface area contributed by atoms with E-state index in [1.54, 1.807) is 30.6 Å². The molecular weight excluding hydrogens is 398 g/mol. The number of pyridine rings is 1. The minimum absolute atomic E-state index is 0.156. The van der Waals surface area contributed by atoms with Gasteiger partial charge in [0.25, 0.3) is 5.22 Å². The van der Waals surface area contributed by atoms with Gasteiger partial charge in [-0.15, -0.1) is 10.2 Å². The van der Waals surface area contributed by atoms with Crippen molar-refractivity contribution in [1.29, 1.82) is 0 Å². The summed E-state index contributed by atoms with van der Waals surface area (Å²) in [7, 11) is 0. The molecule has 1 aliphatic heterocycles. The molecule has 3 aromatic rings. The first-order chi connectivity index (χ1) is 13.7. The Hall–Kier alpha value is -2.58. The van der Waals surface area contributed by atoms with Gasteiger partial charge in [-0.05, 0) is 43.2 Å². The van der Waals surface area contributed by atoms with Gasteiger partial charge < -0.3 is 14.6 Å². The van der Waals surface area contributed by atoms with Gasteiger partial charge in [-0.2, -0.15) is 0 Å². The van der Waals surface area contributed by atoms with Crippen LogP contribution in [0.2, 0.25) is 5.02 Å². The molecule has 2 aromatic heterocycles. The van der Waals surface area contributed by atoms with Crippen LogP contribution in [0.3, 0.4) is 0 Å². The zero-order chi connectivity index (χ0) is 19.3. The Balaban J connectivity index is 1.39. The van der Waals surface area contributed by atoms with E-state index in [-0.39, 0.29) is 11.7 Å². The highest BCUT2D eigenvalue weighted by Gasteiger charge is 2.18. The monoisotopic (exact) mass is 415 g/mol. The molecular formula is C19H18ClN5O2S. The van der Waals surface area contributed by atoms with Crippen molar-refractivity contribution in [3.63, 3.8) is 0 Å². The van der Waals surface area contributed by atoms with E-state index >= 15 is 0 Å². The summed E-state index contributed by atoms with van der Waals surface area (Å²) in [6.07, 6.45) is 5.62. The number of carbonyl (C=O) groups excluding carboxylic acids is 1. The summed E-state index contributed by atoms with van der Waals surface area (Å²) in [4.78, 5) is 18.7. The zero-order valence-electron chi connectivity index (χ0n) is 15.0. The maximum Gasteiger partial charge on any atom is 0.277 e. The fraction of sp³-hybridized carbons (Fsp3) is 0.263. The van der Waals surface area contributed by atoms with E-state index in [0.717, 1.165) is 42.9 Å². The molecule has 144 valence electrons. The summed E-state index contributed by atoms with van der Waals surface area (Å²) in [6, 6.07) is 9.15. The average Bonchev–Trinajstić information content (AvgIpc) is 3.39. The van der Waals surface area contributed by atoms with Crippen LogP contribution in [0.4, 0.5) is 11.4 Å². The first-order valence-electron chi connectivity index (χ1n) is 8.90. The topological polar surface area (TPSA) is 84.1 Å². The molecule has 0 unspecified atom stereocenters. The van der Waals surface area contributed by atoms with Crippen molar-refractivity contribution in [2.45, 2.75) is 18.1 Å². The number of aromatic nitrogens is 3. The third kappa shape index (κ3) is 4.45. The largest absolute Gasteiger partial charge is 0.411 e. The minimum atomic E-state index is -0.156. The molecule has 1 fully saturated rings. The Kier molecular flexibility index (Phi) is 5.78. The summed E-state index contributed by atoms with van der Waals surface area (Å²) in [5.74, 6) is 0.400. The number of hydrogen-bond acceptors (Lipinski definition) is 7. The van der Waals surface area contributed by atoms with E-state index in [4.69, 9.17) is 16.0 Å². The Bertz CT molecular complexity index is 960. The van der Waals surface area contributed by atoms with E-state index in [1.165, 1.54) is 11.8 Å². The molecule has 1 aromatic carbocycles. The quantitative estimate of drug-likeness (QED) is 0.606. The van der Waals surface area contributed by atoms with Gasteiger partial charge in [0.2, 0.25) is 11.8 Å². The predicted molar refractivity (Wildman–Crippen MR) is 110 cm³/mol. The summed E-state index contributed by atoms with van der Waals surface area (Å²) in [5.41, 5.74) is 2.51. The molecule has 1 N–H and O–H groups in total. The molecule has 0 spiro atoms. The first kappa shape index (κ1) is 18.8. The summed E-state index contributed by atoms with van der Waals surface area (Å²) < 4.78 is 5.60. The fourth-order valence-electron chi connectivity index (χ4n) is 3.03. The molecule has 0 radical (unpaired) electrons. The standard InChI is InChI=1S/C19H18ClN5O2S/c20-14-3-4-16(25-9-1-2-10-25)15(11-14)22-17(26)12-28-19-24-23-18(27-19)13-5-7-21-8-6-13/h3-8,11H,1-2,9-10,12H2,(H,22,26). The van der Waals surface area contributed by atoms with Crippen LogP contribution in [0.5, 0.6) is 0 Å². The molecule has 1 aliphatic rings. The number of carbonyl (C=O) groups is 1. The van der Waals surface area contributed by atoms with Crippen LogP contribution in [-0.2, 0) is 4.79 Å². The number of halogens is 1. The van der Waals surface area contributed by atoms with Gasteiger partial charge in [0.05, 0.1) is 17.1 Å². The third-order valence-electron chi connectivity index (χ3n) is 4.34. The Morgan fingerprint density at radius 1 is 1.18 bits per heavy atom. The number of hydrogen-bond donors (Lipinski definition) is 1. The van der Waals surface area contributed by atoms with Crippen molar-refractivity contribution in [1.82, 2.24) is 15.2 Å². The highest BCUT2D eigenvalue weighted by molar-refractivity contribution is 7.99. The summed E-state index contributed by atoms with van der Waals surface area (Å²) in [6.45, 7) is 1.97. The Morgan fingerprint density at radius 3 is 2.75 bits per heavy atom. The van der Waals surface area contributed by atoms with E-state index in [1.807, 2.05) is 12.1 Å². The van der Waals surface area contributed by atoms with Gasteiger partial charge in [0.1, 0.15) is 0 Å². The number of nitrogens with zero attached hydrogens (tertiary/aromatic N) is 4. The third-order valence-corrected chi connectivity index (χ3v) is 5.39.